The van der Waals surface area contributed by atoms with E-state index in [9.17, 15) is 9.59 Å². The Hall–Kier alpha value is -3.07. The molecule has 1 amide bonds. The molecule has 27 heavy (non-hydrogen) atoms. The molecule has 0 saturated carbocycles. The van der Waals surface area contributed by atoms with Crippen LogP contribution in [0, 0.1) is 11.8 Å². The Labute approximate surface area is 161 Å². The van der Waals surface area contributed by atoms with Gasteiger partial charge in [-0.2, -0.15) is 0 Å². The Balaban J connectivity index is 1.95. The molecule has 2 aromatic carbocycles. The second-order valence-corrected chi connectivity index (χ2v) is 6.39. The summed E-state index contributed by atoms with van der Waals surface area (Å²) in [6, 6.07) is 12.3. The van der Waals surface area contributed by atoms with Gasteiger partial charge < -0.3 is 15.0 Å². The molecule has 0 unspecified atom stereocenters. The van der Waals surface area contributed by atoms with Gasteiger partial charge in [0.15, 0.2) is 0 Å². The van der Waals surface area contributed by atoms with Crippen LogP contribution in [-0.2, 0) is 13.6 Å². The van der Waals surface area contributed by atoms with Crippen molar-refractivity contribution >= 4 is 28.4 Å². The minimum Gasteiger partial charge on any atom is -0.384 e. The summed E-state index contributed by atoms with van der Waals surface area (Å²) in [7, 11) is 1.75. The molecule has 136 valence electrons. The van der Waals surface area contributed by atoms with Gasteiger partial charge in [0.1, 0.15) is 12.2 Å². The Kier molecular flexibility index (Phi) is 5.60. The van der Waals surface area contributed by atoms with Crippen molar-refractivity contribution in [2.24, 2.45) is 7.05 Å². The van der Waals surface area contributed by atoms with E-state index in [-0.39, 0.29) is 17.6 Å². The summed E-state index contributed by atoms with van der Waals surface area (Å²) in [5.41, 5.74) is 1.83. The second-order valence-electron chi connectivity index (χ2n) is 5.95. The molecule has 3 rings (SSSR count). The lowest BCUT2D eigenvalue weighted by Gasteiger charge is -2.11. The molecule has 0 fully saturated rings. The lowest BCUT2D eigenvalue weighted by atomic mass is 10.1. The van der Waals surface area contributed by atoms with Crippen LogP contribution in [0.3, 0.4) is 0 Å². The number of carbonyl (C=O) groups excluding carboxylic acids is 1. The predicted octanol–water partition coefficient (Wildman–Crippen LogP) is 2.47. The summed E-state index contributed by atoms with van der Waals surface area (Å²) in [4.78, 5) is 25.4. The summed E-state index contributed by atoms with van der Waals surface area (Å²) >= 11 is 5.85. The highest BCUT2D eigenvalue weighted by atomic mass is 35.5. The molecule has 0 bridgehead atoms. The number of rotatable bonds is 3. The maximum Gasteiger partial charge on any atom is 0.257 e. The van der Waals surface area contributed by atoms with Gasteiger partial charge >= 0.3 is 0 Å². The number of halogens is 1. The molecule has 1 aromatic heterocycles. The van der Waals surface area contributed by atoms with Gasteiger partial charge in [0.2, 0.25) is 5.43 Å². The van der Waals surface area contributed by atoms with Gasteiger partial charge in [-0.05, 0) is 29.8 Å². The van der Waals surface area contributed by atoms with E-state index in [0.29, 0.717) is 28.0 Å². The first-order chi connectivity index (χ1) is 13.0. The smallest absolute Gasteiger partial charge is 0.257 e. The van der Waals surface area contributed by atoms with Gasteiger partial charge in [-0.15, -0.1) is 0 Å². The third-order valence-corrected chi connectivity index (χ3v) is 4.37. The van der Waals surface area contributed by atoms with E-state index in [2.05, 4.69) is 17.2 Å². The van der Waals surface area contributed by atoms with Crippen LogP contribution in [0.1, 0.15) is 21.5 Å². The molecule has 1 heterocycles. The Morgan fingerprint density at radius 2 is 1.96 bits per heavy atom. The summed E-state index contributed by atoms with van der Waals surface area (Å²) in [6.07, 6.45) is 1.51. The van der Waals surface area contributed by atoms with Gasteiger partial charge in [-0.1, -0.05) is 41.6 Å². The van der Waals surface area contributed by atoms with Crippen molar-refractivity contribution < 1.29 is 9.90 Å². The van der Waals surface area contributed by atoms with Crippen molar-refractivity contribution in [3.8, 4) is 11.8 Å². The SMILES string of the molecule is Cn1cc(C(=O)NCc2ccc(Cl)cc2)c(=O)c2cccc(C#CCO)c21. The van der Waals surface area contributed by atoms with E-state index >= 15 is 0 Å². The summed E-state index contributed by atoms with van der Waals surface area (Å²) in [5, 5.41) is 12.7. The minimum atomic E-state index is -0.445. The maximum absolute atomic E-state index is 12.8. The fourth-order valence-electron chi connectivity index (χ4n) is 2.85. The van der Waals surface area contributed by atoms with Crippen LogP contribution in [0.4, 0.5) is 0 Å². The first-order valence-electron chi connectivity index (χ1n) is 8.26. The van der Waals surface area contributed by atoms with E-state index in [4.69, 9.17) is 16.7 Å². The molecule has 0 aliphatic carbocycles. The van der Waals surface area contributed by atoms with Crippen LogP contribution in [0.5, 0.6) is 0 Å². The van der Waals surface area contributed by atoms with Crippen molar-refractivity contribution in [1.29, 1.82) is 0 Å². The number of para-hydroxylation sites is 1. The zero-order chi connectivity index (χ0) is 19.4. The summed E-state index contributed by atoms with van der Waals surface area (Å²) in [6.45, 7) is 0.0226. The number of hydrogen-bond acceptors (Lipinski definition) is 3. The van der Waals surface area contributed by atoms with E-state index in [1.54, 1.807) is 41.9 Å². The zero-order valence-corrected chi connectivity index (χ0v) is 15.4. The van der Waals surface area contributed by atoms with Gasteiger partial charge in [-0.3, -0.25) is 9.59 Å². The largest absolute Gasteiger partial charge is 0.384 e. The van der Waals surface area contributed by atoms with E-state index in [1.807, 2.05) is 12.1 Å². The van der Waals surface area contributed by atoms with Crippen LogP contribution < -0.4 is 10.7 Å². The molecule has 2 N–H and O–H groups in total. The monoisotopic (exact) mass is 380 g/mol. The van der Waals surface area contributed by atoms with Crippen LogP contribution in [0.15, 0.2) is 53.5 Å². The van der Waals surface area contributed by atoms with E-state index in [1.165, 1.54) is 6.20 Å². The van der Waals surface area contributed by atoms with Crippen LogP contribution in [-0.4, -0.2) is 22.2 Å². The fraction of sp³-hybridized carbons (Fsp3) is 0.143. The Morgan fingerprint density at radius 1 is 1.22 bits per heavy atom. The van der Waals surface area contributed by atoms with Crippen molar-refractivity contribution in [2.45, 2.75) is 6.54 Å². The number of aliphatic hydroxyl groups excluding tert-OH is 1. The average Bonchev–Trinajstić information content (AvgIpc) is 2.68. The van der Waals surface area contributed by atoms with Gasteiger partial charge in [-0.25, -0.2) is 0 Å². The molecule has 5 nitrogen and oxygen atoms in total. The number of nitrogens with zero attached hydrogens (tertiary/aromatic N) is 1. The quantitative estimate of drug-likeness (QED) is 0.686. The number of pyridine rings is 1. The molecule has 0 atom stereocenters. The van der Waals surface area contributed by atoms with Crippen molar-refractivity contribution in [1.82, 2.24) is 9.88 Å². The van der Waals surface area contributed by atoms with Gasteiger partial charge in [0.25, 0.3) is 5.91 Å². The third kappa shape index (κ3) is 4.03. The number of fused-ring (bicyclic) bond motifs is 1. The standard InChI is InChI=1S/C21H17ClN2O3/c1-24-13-18(21(27)23-12-14-7-9-16(22)10-8-14)20(26)17-6-2-4-15(19(17)24)5-3-11-25/h2,4,6-10,13,25H,11-12H2,1H3,(H,23,27). The molecule has 0 radical (unpaired) electrons. The first kappa shape index (κ1) is 18.7. The van der Waals surface area contributed by atoms with Crippen LogP contribution in [0.25, 0.3) is 10.9 Å². The predicted molar refractivity (Wildman–Crippen MR) is 106 cm³/mol. The highest BCUT2D eigenvalue weighted by Gasteiger charge is 2.15. The highest BCUT2D eigenvalue weighted by molar-refractivity contribution is 6.30. The molecule has 3 aromatic rings. The van der Waals surface area contributed by atoms with E-state index in [0.717, 1.165) is 5.56 Å². The number of hydrogen-bond donors (Lipinski definition) is 2. The number of carbonyl (C=O) groups is 1. The van der Waals surface area contributed by atoms with Crippen LogP contribution >= 0.6 is 11.6 Å². The number of aryl methyl sites for hydroxylation is 1. The fourth-order valence-corrected chi connectivity index (χ4v) is 2.97. The van der Waals surface area contributed by atoms with Gasteiger partial charge in [0, 0.05) is 35.8 Å². The summed E-state index contributed by atoms with van der Waals surface area (Å²) < 4.78 is 1.70. The summed E-state index contributed by atoms with van der Waals surface area (Å²) in [5.74, 6) is 4.97. The molecule has 6 heteroatoms. The van der Waals surface area contributed by atoms with Crippen LogP contribution in [0.2, 0.25) is 5.02 Å². The average molecular weight is 381 g/mol. The number of nitrogens with one attached hydrogen (secondary N) is 1. The van der Waals surface area contributed by atoms with Crippen molar-refractivity contribution in [3.05, 3.63) is 80.6 Å². The topological polar surface area (TPSA) is 71.3 Å². The molecule has 0 aliphatic heterocycles. The first-order valence-corrected chi connectivity index (χ1v) is 8.64. The highest BCUT2D eigenvalue weighted by Crippen LogP contribution is 2.16. The number of amides is 1. The van der Waals surface area contributed by atoms with Gasteiger partial charge in [0.05, 0.1) is 5.52 Å². The number of aromatic nitrogens is 1. The Morgan fingerprint density at radius 3 is 2.67 bits per heavy atom. The molecular formula is C21H17ClN2O3. The number of benzene rings is 2. The van der Waals surface area contributed by atoms with Crippen molar-refractivity contribution in [2.75, 3.05) is 6.61 Å². The molecule has 0 aliphatic rings. The maximum atomic E-state index is 12.8. The second kappa shape index (κ2) is 8.09. The molecule has 0 spiro atoms. The normalized spacial score (nSPS) is 10.3. The lowest BCUT2D eigenvalue weighted by Crippen LogP contribution is -2.29. The molecule has 0 saturated heterocycles. The van der Waals surface area contributed by atoms with Crippen molar-refractivity contribution in [3.63, 3.8) is 0 Å². The Bertz CT molecular complexity index is 1120. The number of aliphatic hydroxyl groups is 1. The zero-order valence-electron chi connectivity index (χ0n) is 14.6. The third-order valence-electron chi connectivity index (χ3n) is 4.11. The van der Waals surface area contributed by atoms with E-state index < -0.39 is 5.91 Å². The molecular weight excluding hydrogens is 364 g/mol. The lowest BCUT2D eigenvalue weighted by molar-refractivity contribution is 0.0949. The minimum absolute atomic E-state index is 0.0613.